The van der Waals surface area contributed by atoms with Gasteiger partial charge in [-0.1, -0.05) is 152 Å². The van der Waals surface area contributed by atoms with Crippen molar-refractivity contribution in [2.24, 2.45) is 0 Å². The van der Waals surface area contributed by atoms with E-state index in [9.17, 15) is 0 Å². The van der Waals surface area contributed by atoms with Gasteiger partial charge in [-0.15, -0.1) is 0 Å². The molecule has 0 amide bonds. The molecule has 3 heteroatoms. The van der Waals surface area contributed by atoms with Gasteiger partial charge in [-0.2, -0.15) is 0 Å². The number of aromatic nitrogens is 1. The second-order valence-electron chi connectivity index (χ2n) is 14.5. The Labute approximate surface area is 330 Å². The Bertz CT molecular complexity index is 3200. The van der Waals surface area contributed by atoms with E-state index in [4.69, 9.17) is 4.42 Å². The molecule has 57 heavy (non-hydrogen) atoms. The van der Waals surface area contributed by atoms with E-state index in [1.165, 1.54) is 49.6 Å². The van der Waals surface area contributed by atoms with E-state index in [1.807, 2.05) is 12.1 Å². The first-order chi connectivity index (χ1) is 28.3. The molecule has 0 aliphatic heterocycles. The summed E-state index contributed by atoms with van der Waals surface area (Å²) in [5.74, 6) is 0. The van der Waals surface area contributed by atoms with Gasteiger partial charge in [0.05, 0.1) is 16.7 Å². The summed E-state index contributed by atoms with van der Waals surface area (Å²) >= 11 is 0. The molecule has 3 nitrogen and oxygen atoms in total. The molecular weight excluding hydrogens is 693 g/mol. The summed E-state index contributed by atoms with van der Waals surface area (Å²) in [7, 11) is 0. The fourth-order valence-electron chi connectivity index (χ4n) is 8.43. The molecule has 0 aliphatic rings. The zero-order valence-electron chi connectivity index (χ0n) is 31.1. The van der Waals surface area contributed by atoms with Crippen LogP contribution in [0.2, 0.25) is 0 Å². The third-order valence-electron chi connectivity index (χ3n) is 11.2. The molecule has 0 aliphatic carbocycles. The number of para-hydroxylation sites is 4. The van der Waals surface area contributed by atoms with Gasteiger partial charge in [-0.3, -0.25) is 0 Å². The Kier molecular flexibility index (Phi) is 7.82. The average Bonchev–Trinajstić information content (AvgIpc) is 3.84. The molecule has 2 aromatic heterocycles. The molecule has 0 N–H and O–H groups in total. The number of hydrogen-bond donors (Lipinski definition) is 0. The van der Waals surface area contributed by atoms with Crippen molar-refractivity contribution in [2.45, 2.75) is 0 Å². The maximum atomic E-state index is 6.61. The molecule has 0 bridgehead atoms. The largest absolute Gasteiger partial charge is 0.454 e. The number of fused-ring (bicyclic) bond motifs is 6. The van der Waals surface area contributed by atoms with Gasteiger partial charge in [-0.25, -0.2) is 0 Å². The second-order valence-corrected chi connectivity index (χ2v) is 14.5. The van der Waals surface area contributed by atoms with E-state index < -0.39 is 0 Å². The molecule has 0 atom stereocenters. The van der Waals surface area contributed by atoms with Crippen molar-refractivity contribution in [1.82, 2.24) is 4.57 Å². The van der Waals surface area contributed by atoms with Gasteiger partial charge in [-0.05, 0) is 100 Å². The van der Waals surface area contributed by atoms with E-state index in [-0.39, 0.29) is 0 Å². The third-order valence-corrected chi connectivity index (χ3v) is 11.2. The van der Waals surface area contributed by atoms with Crippen LogP contribution >= 0.6 is 0 Å². The number of benzene rings is 9. The third kappa shape index (κ3) is 5.68. The van der Waals surface area contributed by atoms with Crippen molar-refractivity contribution in [3.63, 3.8) is 0 Å². The van der Waals surface area contributed by atoms with Gasteiger partial charge in [0.1, 0.15) is 5.58 Å². The van der Waals surface area contributed by atoms with Crippen molar-refractivity contribution in [3.8, 4) is 39.1 Å². The van der Waals surface area contributed by atoms with Gasteiger partial charge in [0, 0.05) is 38.6 Å². The molecule has 0 radical (unpaired) electrons. The molecule has 0 unspecified atom stereocenters. The number of nitrogens with zero attached hydrogens (tertiary/aromatic N) is 2. The molecule has 268 valence electrons. The minimum Gasteiger partial charge on any atom is -0.454 e. The Morgan fingerprint density at radius 3 is 1.51 bits per heavy atom. The van der Waals surface area contributed by atoms with Crippen molar-refractivity contribution in [2.75, 3.05) is 4.90 Å². The lowest BCUT2D eigenvalue weighted by Crippen LogP contribution is -2.10. The minimum atomic E-state index is 0.864. The fourth-order valence-corrected chi connectivity index (χ4v) is 8.43. The summed E-state index contributed by atoms with van der Waals surface area (Å²) in [6, 6.07) is 78.0. The zero-order chi connectivity index (χ0) is 37.7. The molecule has 2 heterocycles. The predicted octanol–water partition coefficient (Wildman–Crippen LogP) is 15.2. The van der Waals surface area contributed by atoms with Crippen LogP contribution in [0, 0.1) is 0 Å². The molecular formula is C54H36N2O. The first-order valence-corrected chi connectivity index (χ1v) is 19.4. The van der Waals surface area contributed by atoms with Crippen LogP contribution in [0.5, 0.6) is 0 Å². The van der Waals surface area contributed by atoms with Gasteiger partial charge in [0.25, 0.3) is 0 Å². The SMILES string of the molecule is c1ccc(-c2ccc(-c3ccc(N(c4ccc(-c5ccc6c(c5)c5ccccc5n6-c5ccccc5)cc4)c4cccc5c4oc4ccccc45)cc3)cc2)cc1. The maximum absolute atomic E-state index is 6.61. The Morgan fingerprint density at radius 2 is 0.825 bits per heavy atom. The van der Waals surface area contributed by atoms with Crippen LogP contribution in [-0.4, -0.2) is 4.57 Å². The number of furan rings is 1. The lowest BCUT2D eigenvalue weighted by Gasteiger charge is -2.26. The predicted molar refractivity (Wildman–Crippen MR) is 239 cm³/mol. The highest BCUT2D eigenvalue weighted by atomic mass is 16.3. The minimum absolute atomic E-state index is 0.864. The number of hydrogen-bond acceptors (Lipinski definition) is 2. The molecule has 0 fully saturated rings. The molecule has 0 saturated heterocycles. The Morgan fingerprint density at radius 1 is 0.333 bits per heavy atom. The summed E-state index contributed by atoms with van der Waals surface area (Å²) in [5.41, 5.74) is 15.5. The highest BCUT2D eigenvalue weighted by Gasteiger charge is 2.20. The van der Waals surface area contributed by atoms with Gasteiger partial charge in [0.2, 0.25) is 0 Å². The molecule has 0 spiro atoms. The van der Waals surface area contributed by atoms with Crippen LogP contribution in [-0.2, 0) is 0 Å². The fraction of sp³-hybridized carbons (Fsp3) is 0. The van der Waals surface area contributed by atoms with Gasteiger partial charge < -0.3 is 13.9 Å². The summed E-state index contributed by atoms with van der Waals surface area (Å²) in [6.07, 6.45) is 0. The van der Waals surface area contributed by atoms with Crippen molar-refractivity contribution in [3.05, 3.63) is 218 Å². The van der Waals surface area contributed by atoms with Crippen molar-refractivity contribution < 1.29 is 4.42 Å². The van der Waals surface area contributed by atoms with Gasteiger partial charge >= 0.3 is 0 Å². The van der Waals surface area contributed by atoms with Crippen molar-refractivity contribution >= 4 is 60.8 Å². The first-order valence-electron chi connectivity index (χ1n) is 19.4. The first kappa shape index (κ1) is 32.8. The smallest absolute Gasteiger partial charge is 0.159 e. The highest BCUT2D eigenvalue weighted by Crippen LogP contribution is 2.43. The Hall–Kier alpha value is -7.62. The molecule has 0 saturated carbocycles. The quantitative estimate of drug-likeness (QED) is 0.163. The van der Waals surface area contributed by atoms with E-state index >= 15 is 0 Å². The molecule has 11 aromatic rings. The Balaban J connectivity index is 0.995. The van der Waals surface area contributed by atoms with Crippen LogP contribution in [0.15, 0.2) is 223 Å². The van der Waals surface area contributed by atoms with Crippen LogP contribution in [0.4, 0.5) is 17.1 Å². The second kappa shape index (κ2) is 13.6. The lowest BCUT2D eigenvalue weighted by molar-refractivity contribution is 0.669. The summed E-state index contributed by atoms with van der Waals surface area (Å²) in [6.45, 7) is 0. The lowest BCUT2D eigenvalue weighted by atomic mass is 10.00. The standard InChI is InChI=1S/C54H36N2O/c1-3-12-37(13-4-1)38-22-24-39(25-23-38)40-26-31-44(32-27-40)55(52-20-11-18-48-47-17-8-10-21-53(47)57-54(48)52)45-33-28-41(29-34-45)42-30-35-51-49(36-42)46-16-7-9-19-50(46)56(51)43-14-5-2-6-15-43/h1-36H. The molecule has 9 aromatic carbocycles. The normalized spacial score (nSPS) is 11.5. The monoisotopic (exact) mass is 728 g/mol. The maximum Gasteiger partial charge on any atom is 0.159 e. The average molecular weight is 729 g/mol. The summed E-state index contributed by atoms with van der Waals surface area (Å²) < 4.78 is 8.97. The van der Waals surface area contributed by atoms with E-state index in [0.29, 0.717) is 0 Å². The van der Waals surface area contributed by atoms with Crippen molar-refractivity contribution in [1.29, 1.82) is 0 Å². The molecule has 11 rings (SSSR count). The topological polar surface area (TPSA) is 21.3 Å². The number of anilines is 3. The van der Waals surface area contributed by atoms with Crippen LogP contribution in [0.25, 0.3) is 82.8 Å². The van der Waals surface area contributed by atoms with E-state index in [1.54, 1.807) is 0 Å². The summed E-state index contributed by atoms with van der Waals surface area (Å²) in [4.78, 5) is 2.31. The number of rotatable bonds is 7. The van der Waals surface area contributed by atoms with Gasteiger partial charge in [0.15, 0.2) is 5.58 Å². The van der Waals surface area contributed by atoms with E-state index in [0.717, 1.165) is 50.3 Å². The van der Waals surface area contributed by atoms with E-state index in [2.05, 4.69) is 216 Å². The van der Waals surface area contributed by atoms with Crippen LogP contribution < -0.4 is 4.90 Å². The zero-order valence-corrected chi connectivity index (χ0v) is 31.1. The highest BCUT2D eigenvalue weighted by molar-refractivity contribution is 6.11. The summed E-state index contributed by atoms with van der Waals surface area (Å²) in [5, 5.41) is 4.70. The van der Waals surface area contributed by atoms with Crippen LogP contribution in [0.3, 0.4) is 0 Å². The van der Waals surface area contributed by atoms with Crippen LogP contribution in [0.1, 0.15) is 0 Å².